The van der Waals surface area contributed by atoms with Gasteiger partial charge < -0.3 is 0 Å². The lowest BCUT2D eigenvalue weighted by Crippen LogP contribution is -1.91. The Kier molecular flexibility index (Phi) is 11.3. The average Bonchev–Trinajstić information content (AvgIpc) is 2.28. The standard InChI is InChI=1S/C5H10S.C4H4N2O2/c1-2-4-6-5-3-1;7-3-5-1-2-6-4-8/h1-5H2;1-2H2. The molecule has 0 aliphatic carbocycles. The van der Waals surface area contributed by atoms with Gasteiger partial charge in [-0.3, -0.25) is 0 Å². The van der Waals surface area contributed by atoms with Crippen LogP contribution in [-0.4, -0.2) is 36.8 Å². The molecule has 1 rings (SSSR count). The quantitative estimate of drug-likeness (QED) is 0.407. The Morgan fingerprint density at radius 1 is 0.929 bits per heavy atom. The highest BCUT2D eigenvalue weighted by atomic mass is 32.2. The van der Waals surface area contributed by atoms with Crippen LogP contribution in [0.2, 0.25) is 0 Å². The maximum absolute atomic E-state index is 9.34. The lowest BCUT2D eigenvalue weighted by molar-refractivity contribution is 0.560. The van der Waals surface area contributed by atoms with E-state index in [1.807, 2.05) is 0 Å². The van der Waals surface area contributed by atoms with Crippen LogP contribution < -0.4 is 0 Å². The van der Waals surface area contributed by atoms with Crippen molar-refractivity contribution in [1.82, 2.24) is 0 Å². The third kappa shape index (κ3) is 11.1. The molecule has 0 spiro atoms. The van der Waals surface area contributed by atoms with Crippen LogP contribution >= 0.6 is 11.8 Å². The van der Waals surface area contributed by atoms with Crippen LogP contribution in [0.1, 0.15) is 19.3 Å². The van der Waals surface area contributed by atoms with Crippen molar-refractivity contribution >= 4 is 23.9 Å². The van der Waals surface area contributed by atoms with E-state index >= 15 is 0 Å². The van der Waals surface area contributed by atoms with Crippen LogP contribution in [0.4, 0.5) is 0 Å². The summed E-state index contributed by atoms with van der Waals surface area (Å²) in [6.45, 7) is 0.442. The zero-order valence-electron chi connectivity index (χ0n) is 8.07. The molecule has 0 N–H and O–H groups in total. The van der Waals surface area contributed by atoms with Gasteiger partial charge in [0.2, 0.25) is 12.2 Å². The number of isocyanates is 2. The molecule has 1 saturated heterocycles. The van der Waals surface area contributed by atoms with Crippen molar-refractivity contribution < 1.29 is 9.59 Å². The van der Waals surface area contributed by atoms with E-state index < -0.39 is 0 Å². The highest BCUT2D eigenvalue weighted by Gasteiger charge is 1.95. The van der Waals surface area contributed by atoms with Crippen molar-refractivity contribution in [1.29, 1.82) is 0 Å². The second-order valence-corrected chi connectivity index (χ2v) is 3.84. The van der Waals surface area contributed by atoms with Crippen LogP contribution in [-0.2, 0) is 9.59 Å². The summed E-state index contributed by atoms with van der Waals surface area (Å²) in [4.78, 5) is 24.9. The van der Waals surface area contributed by atoms with E-state index in [1.54, 1.807) is 0 Å². The Morgan fingerprint density at radius 3 is 1.64 bits per heavy atom. The first-order chi connectivity index (χ1) is 6.91. The Labute approximate surface area is 87.9 Å². The van der Waals surface area contributed by atoms with Gasteiger partial charge in [0.05, 0.1) is 13.1 Å². The van der Waals surface area contributed by atoms with Gasteiger partial charge in [-0.25, -0.2) is 19.6 Å². The normalized spacial score (nSPS) is 14.0. The first-order valence-corrected chi connectivity index (χ1v) is 5.72. The molecule has 4 nitrogen and oxygen atoms in total. The van der Waals surface area contributed by atoms with Crippen molar-refractivity contribution in [3.63, 3.8) is 0 Å². The molecule has 0 saturated carbocycles. The molecule has 1 aliphatic rings. The third-order valence-electron chi connectivity index (χ3n) is 1.53. The minimum Gasteiger partial charge on any atom is -0.211 e. The number of hydrogen-bond donors (Lipinski definition) is 0. The minimum atomic E-state index is 0.221. The topological polar surface area (TPSA) is 58.9 Å². The SMILES string of the molecule is C1CCSCC1.O=C=NCCN=C=O. The van der Waals surface area contributed by atoms with Gasteiger partial charge in [0, 0.05) is 0 Å². The largest absolute Gasteiger partial charge is 0.235 e. The van der Waals surface area contributed by atoms with E-state index in [4.69, 9.17) is 0 Å². The first kappa shape index (κ1) is 13.1. The highest BCUT2D eigenvalue weighted by Crippen LogP contribution is 2.14. The molecular formula is C9H14N2O2S. The smallest absolute Gasteiger partial charge is 0.211 e. The fourth-order valence-corrected chi connectivity index (χ4v) is 1.90. The number of hydrogen-bond acceptors (Lipinski definition) is 5. The molecule has 0 bridgehead atoms. The Balaban J connectivity index is 0.000000249. The van der Waals surface area contributed by atoms with E-state index in [9.17, 15) is 9.59 Å². The molecule has 0 atom stereocenters. The summed E-state index contributed by atoms with van der Waals surface area (Å²) >= 11 is 2.09. The number of nitrogens with zero attached hydrogens (tertiary/aromatic N) is 2. The maximum Gasteiger partial charge on any atom is 0.235 e. The monoisotopic (exact) mass is 214 g/mol. The first-order valence-electron chi connectivity index (χ1n) is 4.57. The van der Waals surface area contributed by atoms with Crippen LogP contribution in [0.5, 0.6) is 0 Å². The van der Waals surface area contributed by atoms with Crippen LogP contribution in [0.3, 0.4) is 0 Å². The van der Waals surface area contributed by atoms with Gasteiger partial charge in [0.1, 0.15) is 0 Å². The van der Waals surface area contributed by atoms with Gasteiger partial charge in [-0.15, -0.1) is 0 Å². The van der Waals surface area contributed by atoms with Crippen molar-refractivity contribution in [3.05, 3.63) is 0 Å². The average molecular weight is 214 g/mol. The Morgan fingerprint density at radius 2 is 1.43 bits per heavy atom. The van der Waals surface area contributed by atoms with Crippen molar-refractivity contribution in [3.8, 4) is 0 Å². The second-order valence-electron chi connectivity index (χ2n) is 2.62. The molecule has 5 heteroatoms. The lowest BCUT2D eigenvalue weighted by Gasteiger charge is -2.05. The van der Waals surface area contributed by atoms with E-state index in [1.165, 1.54) is 42.9 Å². The molecular weight excluding hydrogens is 200 g/mol. The molecule has 0 aromatic rings. The van der Waals surface area contributed by atoms with Crippen LogP contribution in [0.25, 0.3) is 0 Å². The minimum absolute atomic E-state index is 0.221. The zero-order chi connectivity index (χ0) is 10.5. The predicted molar refractivity (Wildman–Crippen MR) is 57.2 cm³/mol. The number of aliphatic imine (C=N–C) groups is 2. The summed E-state index contributed by atoms with van der Waals surface area (Å²) in [5.41, 5.74) is 0. The van der Waals surface area contributed by atoms with E-state index in [0.717, 1.165) is 0 Å². The fraction of sp³-hybridized carbons (Fsp3) is 0.778. The van der Waals surface area contributed by atoms with Crippen LogP contribution in [0, 0.1) is 0 Å². The molecule has 78 valence electrons. The molecule has 0 aromatic heterocycles. The zero-order valence-corrected chi connectivity index (χ0v) is 8.89. The predicted octanol–water partition coefficient (Wildman–Crippen LogP) is 1.56. The molecule has 14 heavy (non-hydrogen) atoms. The van der Waals surface area contributed by atoms with E-state index in [0.29, 0.717) is 0 Å². The maximum atomic E-state index is 9.34. The summed E-state index contributed by atoms with van der Waals surface area (Å²) < 4.78 is 0. The summed E-state index contributed by atoms with van der Waals surface area (Å²) in [6.07, 6.45) is 7.03. The van der Waals surface area contributed by atoms with Crippen molar-refractivity contribution in [2.24, 2.45) is 9.98 Å². The lowest BCUT2D eigenvalue weighted by atomic mass is 10.3. The van der Waals surface area contributed by atoms with E-state index in [2.05, 4.69) is 21.7 Å². The molecule has 0 unspecified atom stereocenters. The summed E-state index contributed by atoms with van der Waals surface area (Å²) in [7, 11) is 0. The van der Waals surface area contributed by atoms with Gasteiger partial charge in [0.25, 0.3) is 0 Å². The molecule has 1 aliphatic heterocycles. The highest BCUT2D eigenvalue weighted by molar-refractivity contribution is 7.99. The Hall–Kier alpha value is -0.890. The van der Waals surface area contributed by atoms with E-state index in [-0.39, 0.29) is 13.1 Å². The molecule has 0 radical (unpaired) electrons. The third-order valence-corrected chi connectivity index (χ3v) is 2.68. The molecule has 0 amide bonds. The fourth-order valence-electron chi connectivity index (χ4n) is 0.878. The second kappa shape index (κ2) is 12.1. The van der Waals surface area contributed by atoms with Crippen molar-refractivity contribution in [2.75, 3.05) is 24.6 Å². The van der Waals surface area contributed by atoms with Gasteiger partial charge in [-0.1, -0.05) is 6.42 Å². The van der Waals surface area contributed by atoms with Gasteiger partial charge >= 0.3 is 0 Å². The Bertz CT molecular complexity index is 187. The van der Waals surface area contributed by atoms with Gasteiger partial charge in [0.15, 0.2) is 0 Å². The van der Waals surface area contributed by atoms with Crippen molar-refractivity contribution in [2.45, 2.75) is 19.3 Å². The summed E-state index contributed by atoms with van der Waals surface area (Å²) in [5.74, 6) is 2.83. The number of thioether (sulfide) groups is 1. The number of carbonyl (C=O) groups excluding carboxylic acids is 2. The molecule has 1 fully saturated rings. The van der Waals surface area contributed by atoms with Gasteiger partial charge in [-0.05, 0) is 24.3 Å². The number of rotatable bonds is 3. The summed E-state index contributed by atoms with van der Waals surface area (Å²) in [5, 5.41) is 0. The molecule has 0 aromatic carbocycles. The van der Waals surface area contributed by atoms with Gasteiger partial charge in [-0.2, -0.15) is 11.8 Å². The summed E-state index contributed by atoms with van der Waals surface area (Å²) in [6, 6.07) is 0. The molecule has 1 heterocycles. The van der Waals surface area contributed by atoms with Crippen LogP contribution in [0.15, 0.2) is 9.98 Å².